The number of ether oxygens (including phenoxy) is 1. The minimum atomic E-state index is -0.431. The largest absolute Gasteiger partial charge is 0.454 e. The number of halogens is 1. The Balaban J connectivity index is 1.49. The molecule has 1 aliphatic heterocycles. The first-order valence-corrected chi connectivity index (χ1v) is 9.79. The van der Waals surface area contributed by atoms with E-state index in [1.165, 1.54) is 6.07 Å². The van der Waals surface area contributed by atoms with Crippen LogP contribution in [0.1, 0.15) is 25.7 Å². The topological polar surface area (TPSA) is 58.6 Å². The van der Waals surface area contributed by atoms with E-state index in [4.69, 9.17) is 4.74 Å². The zero-order chi connectivity index (χ0) is 20.6. The summed E-state index contributed by atoms with van der Waals surface area (Å²) in [6.45, 7) is 4.84. The molecule has 2 amide bonds. The average molecular weight is 396 g/mol. The second-order valence-electron chi connectivity index (χ2n) is 7.03. The normalized spacial score (nSPS) is 14.3. The maximum absolute atomic E-state index is 13.7. The zero-order valence-electron chi connectivity index (χ0n) is 16.3. The Morgan fingerprint density at radius 2 is 1.83 bits per heavy atom. The van der Waals surface area contributed by atoms with Gasteiger partial charge in [0.05, 0.1) is 0 Å². The van der Waals surface area contributed by atoms with E-state index < -0.39 is 5.82 Å². The van der Waals surface area contributed by atoms with Crippen LogP contribution < -0.4 is 10.1 Å². The SMILES string of the molecule is C=CCCC(=O)N1CCC(C(=O)Nc2ccc(Oc3ccccc3F)cc2)CC1. The molecule has 2 aromatic rings. The van der Waals surface area contributed by atoms with Crippen molar-refractivity contribution < 1.29 is 18.7 Å². The van der Waals surface area contributed by atoms with Gasteiger partial charge in [-0.05, 0) is 55.7 Å². The highest BCUT2D eigenvalue weighted by Crippen LogP contribution is 2.26. The number of piperidine rings is 1. The van der Waals surface area contributed by atoms with Crippen molar-refractivity contribution in [2.45, 2.75) is 25.7 Å². The van der Waals surface area contributed by atoms with E-state index in [2.05, 4.69) is 11.9 Å². The van der Waals surface area contributed by atoms with Gasteiger partial charge < -0.3 is 15.0 Å². The highest BCUT2D eigenvalue weighted by molar-refractivity contribution is 5.92. The van der Waals surface area contributed by atoms with E-state index >= 15 is 0 Å². The fourth-order valence-electron chi connectivity index (χ4n) is 3.28. The van der Waals surface area contributed by atoms with E-state index in [1.807, 2.05) is 4.90 Å². The first-order chi connectivity index (χ1) is 14.1. The van der Waals surface area contributed by atoms with Crippen molar-refractivity contribution in [1.82, 2.24) is 4.90 Å². The number of allylic oxidation sites excluding steroid dienone is 1. The molecule has 0 aliphatic carbocycles. The molecule has 0 atom stereocenters. The number of nitrogens with one attached hydrogen (secondary N) is 1. The average Bonchev–Trinajstić information content (AvgIpc) is 2.75. The molecule has 3 rings (SSSR count). The lowest BCUT2D eigenvalue weighted by molar-refractivity contribution is -0.134. The summed E-state index contributed by atoms with van der Waals surface area (Å²) in [5.74, 6) is 0.158. The number of anilines is 1. The molecule has 1 N–H and O–H groups in total. The predicted molar refractivity (Wildman–Crippen MR) is 110 cm³/mol. The summed E-state index contributed by atoms with van der Waals surface area (Å²) in [5.41, 5.74) is 0.653. The Kier molecular flexibility index (Phi) is 7.00. The van der Waals surface area contributed by atoms with Gasteiger partial charge in [-0.15, -0.1) is 6.58 Å². The third kappa shape index (κ3) is 5.67. The van der Waals surface area contributed by atoms with Crippen molar-refractivity contribution in [2.24, 2.45) is 5.92 Å². The van der Waals surface area contributed by atoms with Gasteiger partial charge in [0.25, 0.3) is 0 Å². The molecular weight excluding hydrogens is 371 g/mol. The molecule has 0 unspecified atom stereocenters. The molecule has 1 aliphatic rings. The van der Waals surface area contributed by atoms with Crippen LogP contribution in [-0.4, -0.2) is 29.8 Å². The summed E-state index contributed by atoms with van der Waals surface area (Å²) in [4.78, 5) is 26.4. The van der Waals surface area contributed by atoms with Gasteiger partial charge in [0.1, 0.15) is 5.75 Å². The van der Waals surface area contributed by atoms with Crippen molar-refractivity contribution in [3.05, 3.63) is 67.0 Å². The Morgan fingerprint density at radius 1 is 1.14 bits per heavy atom. The molecule has 1 saturated heterocycles. The van der Waals surface area contributed by atoms with Gasteiger partial charge in [-0.3, -0.25) is 9.59 Å². The number of amides is 2. The number of carbonyl (C=O) groups excluding carboxylic acids is 2. The van der Waals surface area contributed by atoms with Crippen molar-refractivity contribution >= 4 is 17.5 Å². The van der Waals surface area contributed by atoms with E-state index in [0.29, 0.717) is 50.2 Å². The number of likely N-dealkylation sites (tertiary alicyclic amines) is 1. The second-order valence-corrected chi connectivity index (χ2v) is 7.03. The summed E-state index contributed by atoms with van der Waals surface area (Å²) in [6, 6.07) is 13.0. The van der Waals surface area contributed by atoms with Crippen molar-refractivity contribution in [3.8, 4) is 11.5 Å². The van der Waals surface area contributed by atoms with Crippen LogP contribution in [0.15, 0.2) is 61.2 Å². The maximum atomic E-state index is 13.7. The van der Waals surface area contributed by atoms with E-state index in [0.717, 1.165) is 0 Å². The van der Waals surface area contributed by atoms with Crippen LogP contribution in [0.25, 0.3) is 0 Å². The van der Waals surface area contributed by atoms with E-state index in [1.54, 1.807) is 48.5 Å². The molecule has 2 aromatic carbocycles. The molecule has 1 heterocycles. The van der Waals surface area contributed by atoms with Gasteiger partial charge >= 0.3 is 0 Å². The second kappa shape index (κ2) is 9.87. The molecular formula is C23H25FN2O3. The Labute approximate surface area is 170 Å². The highest BCUT2D eigenvalue weighted by Gasteiger charge is 2.27. The van der Waals surface area contributed by atoms with Crippen LogP contribution in [0, 0.1) is 11.7 Å². The molecule has 1 fully saturated rings. The van der Waals surface area contributed by atoms with E-state index in [9.17, 15) is 14.0 Å². The standard InChI is InChI=1S/C23H25FN2O3/c1-2-3-8-22(27)26-15-13-17(14-16-26)23(28)25-18-9-11-19(12-10-18)29-21-7-5-4-6-20(21)24/h2,4-7,9-12,17H,1,3,8,13-16H2,(H,25,28). The molecule has 29 heavy (non-hydrogen) atoms. The van der Waals surface area contributed by atoms with Crippen LogP contribution in [0.2, 0.25) is 0 Å². The number of nitrogens with zero attached hydrogens (tertiary/aromatic N) is 1. The molecule has 0 radical (unpaired) electrons. The van der Waals surface area contributed by atoms with E-state index in [-0.39, 0.29) is 23.5 Å². The molecule has 0 spiro atoms. The third-order valence-corrected chi connectivity index (χ3v) is 4.97. The van der Waals surface area contributed by atoms with Crippen molar-refractivity contribution in [1.29, 1.82) is 0 Å². The van der Waals surface area contributed by atoms with Gasteiger partial charge in [-0.25, -0.2) is 4.39 Å². The quantitative estimate of drug-likeness (QED) is 0.687. The first-order valence-electron chi connectivity index (χ1n) is 9.79. The number of benzene rings is 2. The molecule has 152 valence electrons. The van der Waals surface area contributed by atoms with Gasteiger partial charge in [0.15, 0.2) is 11.6 Å². The summed E-state index contributed by atoms with van der Waals surface area (Å²) in [5, 5.41) is 2.91. The van der Waals surface area contributed by atoms with Gasteiger partial charge in [0.2, 0.25) is 11.8 Å². The van der Waals surface area contributed by atoms with Crippen LogP contribution in [0.4, 0.5) is 10.1 Å². The van der Waals surface area contributed by atoms with Crippen molar-refractivity contribution in [2.75, 3.05) is 18.4 Å². The molecule has 0 aromatic heterocycles. The molecule has 0 bridgehead atoms. The molecule has 5 nitrogen and oxygen atoms in total. The maximum Gasteiger partial charge on any atom is 0.227 e. The minimum Gasteiger partial charge on any atom is -0.454 e. The lowest BCUT2D eigenvalue weighted by Gasteiger charge is -2.31. The Bertz CT molecular complexity index is 859. The molecule has 6 heteroatoms. The minimum absolute atomic E-state index is 0.0500. The predicted octanol–water partition coefficient (Wildman–Crippen LogP) is 4.76. The van der Waals surface area contributed by atoms with Crippen LogP contribution >= 0.6 is 0 Å². The van der Waals surface area contributed by atoms with Gasteiger partial charge in [0, 0.05) is 31.1 Å². The number of carbonyl (C=O) groups is 2. The fraction of sp³-hybridized carbons (Fsp3) is 0.304. The van der Waals surface area contributed by atoms with Crippen LogP contribution in [0.5, 0.6) is 11.5 Å². The Morgan fingerprint density at radius 3 is 2.48 bits per heavy atom. The zero-order valence-corrected chi connectivity index (χ0v) is 16.3. The number of hydrogen-bond acceptors (Lipinski definition) is 3. The van der Waals surface area contributed by atoms with Crippen LogP contribution in [0.3, 0.4) is 0 Å². The fourth-order valence-corrected chi connectivity index (χ4v) is 3.28. The van der Waals surface area contributed by atoms with Gasteiger partial charge in [-0.2, -0.15) is 0 Å². The number of rotatable bonds is 7. The summed E-state index contributed by atoms with van der Waals surface area (Å²) in [7, 11) is 0. The summed E-state index contributed by atoms with van der Waals surface area (Å²) < 4.78 is 19.2. The monoisotopic (exact) mass is 396 g/mol. The van der Waals surface area contributed by atoms with Crippen LogP contribution in [-0.2, 0) is 9.59 Å². The van der Waals surface area contributed by atoms with Gasteiger partial charge in [-0.1, -0.05) is 18.2 Å². The summed E-state index contributed by atoms with van der Waals surface area (Å²) >= 11 is 0. The lowest BCUT2D eigenvalue weighted by Crippen LogP contribution is -2.41. The molecule has 0 saturated carbocycles. The third-order valence-electron chi connectivity index (χ3n) is 4.97. The number of para-hydroxylation sites is 1. The highest BCUT2D eigenvalue weighted by atomic mass is 19.1. The first kappa shape index (κ1) is 20.6. The smallest absolute Gasteiger partial charge is 0.227 e. The lowest BCUT2D eigenvalue weighted by atomic mass is 9.95. The Hall–Kier alpha value is -3.15. The van der Waals surface area contributed by atoms with Crippen molar-refractivity contribution in [3.63, 3.8) is 0 Å². The summed E-state index contributed by atoms with van der Waals surface area (Å²) in [6.07, 6.45) is 4.20. The number of hydrogen-bond donors (Lipinski definition) is 1.